The molecule has 106 valence electrons. The van der Waals surface area contributed by atoms with Crippen LogP contribution in [0.5, 0.6) is 5.75 Å². The molecule has 0 spiro atoms. The van der Waals surface area contributed by atoms with E-state index in [1.165, 1.54) is 11.3 Å². The van der Waals surface area contributed by atoms with Gasteiger partial charge in [-0.3, -0.25) is 4.79 Å². The largest absolute Gasteiger partial charge is 0.492 e. The Labute approximate surface area is 121 Å². The molecule has 0 atom stereocenters. The van der Waals surface area contributed by atoms with Crippen molar-refractivity contribution in [3.63, 3.8) is 0 Å². The van der Waals surface area contributed by atoms with Crippen LogP contribution in [0, 0.1) is 13.8 Å². The minimum absolute atomic E-state index is 0.162. The molecule has 3 N–H and O–H groups in total. The molecule has 0 fully saturated rings. The third-order valence-electron chi connectivity index (χ3n) is 2.67. The molecule has 0 unspecified atom stereocenters. The molecule has 1 aromatic carbocycles. The summed E-state index contributed by atoms with van der Waals surface area (Å²) >= 11 is 1.19. The number of nitrogens with zero attached hydrogens (tertiary/aromatic N) is 1. The van der Waals surface area contributed by atoms with Crippen molar-refractivity contribution < 1.29 is 9.53 Å². The monoisotopic (exact) mass is 291 g/mol. The van der Waals surface area contributed by atoms with Crippen molar-refractivity contribution in [2.45, 2.75) is 13.8 Å². The van der Waals surface area contributed by atoms with Crippen LogP contribution < -0.4 is 15.8 Å². The maximum atomic E-state index is 11.9. The lowest BCUT2D eigenvalue weighted by Crippen LogP contribution is -2.27. The van der Waals surface area contributed by atoms with E-state index < -0.39 is 0 Å². The van der Waals surface area contributed by atoms with E-state index in [9.17, 15) is 4.79 Å². The number of hydrogen-bond donors (Lipinski definition) is 2. The summed E-state index contributed by atoms with van der Waals surface area (Å²) in [5.41, 5.74) is 7.36. The third-order valence-corrected chi connectivity index (χ3v) is 3.65. The number of aryl methyl sites for hydroxylation is 2. The van der Waals surface area contributed by atoms with E-state index in [0.717, 1.165) is 11.3 Å². The second-order valence-electron chi connectivity index (χ2n) is 4.39. The van der Waals surface area contributed by atoms with Gasteiger partial charge >= 0.3 is 0 Å². The highest BCUT2D eigenvalue weighted by Crippen LogP contribution is 2.19. The van der Waals surface area contributed by atoms with Gasteiger partial charge in [-0.15, -0.1) is 0 Å². The summed E-state index contributed by atoms with van der Waals surface area (Å²) in [5.74, 6) is 0.641. The molecule has 1 amide bonds. The van der Waals surface area contributed by atoms with E-state index in [4.69, 9.17) is 10.5 Å². The number of amides is 1. The molecule has 2 aromatic rings. The molecule has 1 aromatic heterocycles. The molecule has 0 saturated carbocycles. The average molecular weight is 291 g/mol. The second kappa shape index (κ2) is 6.38. The highest BCUT2D eigenvalue weighted by Gasteiger charge is 2.13. The van der Waals surface area contributed by atoms with Crippen molar-refractivity contribution in [3.05, 3.63) is 40.4 Å². The number of aromatic nitrogens is 1. The van der Waals surface area contributed by atoms with Gasteiger partial charge < -0.3 is 15.8 Å². The van der Waals surface area contributed by atoms with Crippen molar-refractivity contribution in [1.29, 1.82) is 0 Å². The number of hydrogen-bond acceptors (Lipinski definition) is 5. The summed E-state index contributed by atoms with van der Waals surface area (Å²) in [7, 11) is 0. The molecule has 0 aliphatic rings. The van der Waals surface area contributed by atoms with Crippen LogP contribution in [0.2, 0.25) is 0 Å². The summed E-state index contributed by atoms with van der Waals surface area (Å²) in [4.78, 5) is 16.5. The number of anilines is 1. The Hall–Kier alpha value is -2.08. The summed E-state index contributed by atoms with van der Waals surface area (Å²) < 4.78 is 5.56. The molecule has 20 heavy (non-hydrogen) atoms. The lowest BCUT2D eigenvalue weighted by molar-refractivity contribution is 0.0950. The number of nitrogens with one attached hydrogen (secondary N) is 1. The van der Waals surface area contributed by atoms with Crippen LogP contribution >= 0.6 is 11.3 Å². The molecule has 0 radical (unpaired) electrons. The van der Waals surface area contributed by atoms with Gasteiger partial charge in [0.15, 0.2) is 5.13 Å². The van der Waals surface area contributed by atoms with Gasteiger partial charge in [0.1, 0.15) is 17.2 Å². The fraction of sp³-hybridized carbons (Fsp3) is 0.286. The zero-order valence-corrected chi connectivity index (χ0v) is 12.3. The van der Waals surface area contributed by atoms with Crippen molar-refractivity contribution in [2.75, 3.05) is 18.9 Å². The number of benzene rings is 1. The van der Waals surface area contributed by atoms with Crippen LogP contribution in [-0.2, 0) is 0 Å². The standard InChI is InChI=1S/C14H17N3O2S/c1-9-4-3-5-11(8-9)19-7-6-16-13(18)12-10(2)17-14(15)20-12/h3-5,8H,6-7H2,1-2H3,(H2,15,17)(H,16,18). The zero-order chi connectivity index (χ0) is 14.5. The van der Waals surface area contributed by atoms with Crippen LogP contribution in [0.15, 0.2) is 24.3 Å². The van der Waals surface area contributed by atoms with Crippen molar-refractivity contribution in [2.24, 2.45) is 0 Å². The van der Waals surface area contributed by atoms with Crippen LogP contribution in [0.3, 0.4) is 0 Å². The molecule has 0 aliphatic carbocycles. The van der Waals surface area contributed by atoms with E-state index >= 15 is 0 Å². The summed E-state index contributed by atoms with van der Waals surface area (Å²) in [6.45, 7) is 4.63. The molecule has 0 aliphatic heterocycles. The molecule has 5 nitrogen and oxygen atoms in total. The zero-order valence-electron chi connectivity index (χ0n) is 11.5. The Morgan fingerprint density at radius 1 is 1.45 bits per heavy atom. The number of thiazole rings is 1. The normalized spacial score (nSPS) is 10.3. The highest BCUT2D eigenvalue weighted by molar-refractivity contribution is 7.17. The molecule has 0 bridgehead atoms. The quantitative estimate of drug-likeness (QED) is 0.828. The highest BCUT2D eigenvalue weighted by atomic mass is 32.1. The van der Waals surface area contributed by atoms with Gasteiger partial charge in [-0.25, -0.2) is 4.98 Å². The maximum absolute atomic E-state index is 11.9. The molecule has 2 rings (SSSR count). The van der Waals surface area contributed by atoms with Gasteiger partial charge in [0.05, 0.1) is 12.2 Å². The topological polar surface area (TPSA) is 77.2 Å². The van der Waals surface area contributed by atoms with Gasteiger partial charge in [0.25, 0.3) is 5.91 Å². The minimum Gasteiger partial charge on any atom is -0.492 e. The molecule has 0 saturated heterocycles. The number of nitrogen functional groups attached to an aromatic ring is 1. The minimum atomic E-state index is -0.162. The molecular formula is C14H17N3O2S. The van der Waals surface area contributed by atoms with E-state index in [1.807, 2.05) is 31.2 Å². The predicted molar refractivity (Wildman–Crippen MR) is 80.3 cm³/mol. The first kappa shape index (κ1) is 14.3. The second-order valence-corrected chi connectivity index (χ2v) is 5.42. The Morgan fingerprint density at radius 2 is 2.25 bits per heavy atom. The first-order valence-corrected chi connectivity index (χ1v) is 7.08. The number of nitrogens with two attached hydrogens (primary N) is 1. The fourth-order valence-corrected chi connectivity index (χ4v) is 2.50. The Balaban J connectivity index is 1.79. The number of carbonyl (C=O) groups is 1. The number of rotatable bonds is 5. The number of carbonyl (C=O) groups excluding carboxylic acids is 1. The fourth-order valence-electron chi connectivity index (χ4n) is 1.75. The first-order chi connectivity index (χ1) is 9.56. The van der Waals surface area contributed by atoms with Crippen molar-refractivity contribution in [3.8, 4) is 5.75 Å². The van der Waals surface area contributed by atoms with Gasteiger partial charge in [0, 0.05) is 0 Å². The van der Waals surface area contributed by atoms with E-state index in [0.29, 0.717) is 28.9 Å². The predicted octanol–water partition coefficient (Wildman–Crippen LogP) is 2.15. The van der Waals surface area contributed by atoms with Gasteiger partial charge in [-0.05, 0) is 31.5 Å². The Morgan fingerprint density at radius 3 is 2.90 bits per heavy atom. The summed E-state index contributed by atoms with van der Waals surface area (Å²) in [6, 6.07) is 7.79. The van der Waals surface area contributed by atoms with Crippen LogP contribution in [0.25, 0.3) is 0 Å². The first-order valence-electron chi connectivity index (χ1n) is 6.27. The molecule has 1 heterocycles. The van der Waals surface area contributed by atoms with Gasteiger partial charge in [-0.1, -0.05) is 23.5 Å². The summed E-state index contributed by atoms with van der Waals surface area (Å²) in [6.07, 6.45) is 0. The smallest absolute Gasteiger partial charge is 0.263 e. The van der Waals surface area contributed by atoms with Crippen LogP contribution in [0.1, 0.15) is 20.9 Å². The SMILES string of the molecule is Cc1cccc(OCCNC(=O)c2sc(N)nc2C)c1. The molecule has 6 heteroatoms. The van der Waals surface area contributed by atoms with Crippen LogP contribution in [0.4, 0.5) is 5.13 Å². The van der Waals surface area contributed by atoms with Gasteiger partial charge in [-0.2, -0.15) is 0 Å². The number of ether oxygens (including phenoxy) is 1. The van der Waals surface area contributed by atoms with E-state index in [1.54, 1.807) is 6.92 Å². The third kappa shape index (κ3) is 3.71. The summed E-state index contributed by atoms with van der Waals surface area (Å²) in [5, 5.41) is 3.20. The van der Waals surface area contributed by atoms with Crippen molar-refractivity contribution in [1.82, 2.24) is 10.3 Å². The lowest BCUT2D eigenvalue weighted by Gasteiger charge is -2.07. The molecular weight excluding hydrogens is 274 g/mol. The van der Waals surface area contributed by atoms with E-state index in [-0.39, 0.29) is 5.91 Å². The van der Waals surface area contributed by atoms with E-state index in [2.05, 4.69) is 10.3 Å². The maximum Gasteiger partial charge on any atom is 0.263 e. The van der Waals surface area contributed by atoms with Crippen LogP contribution in [-0.4, -0.2) is 24.0 Å². The van der Waals surface area contributed by atoms with Gasteiger partial charge in [0.2, 0.25) is 0 Å². The lowest BCUT2D eigenvalue weighted by atomic mass is 10.2. The Bertz CT molecular complexity index is 610. The average Bonchev–Trinajstić information content (AvgIpc) is 2.74. The van der Waals surface area contributed by atoms with Crippen molar-refractivity contribution >= 4 is 22.4 Å². The Kier molecular flexibility index (Phi) is 4.57.